The predicted octanol–water partition coefficient (Wildman–Crippen LogP) is 3.06. The van der Waals surface area contributed by atoms with Crippen molar-refractivity contribution >= 4 is 24.4 Å². The fourth-order valence-electron chi connectivity index (χ4n) is 2.14. The number of H-pyrrole nitrogens is 1. The van der Waals surface area contributed by atoms with Crippen LogP contribution in [-0.4, -0.2) is 18.5 Å². The molecular formula is C16H12BNO2. The van der Waals surface area contributed by atoms with Crippen molar-refractivity contribution in [2.75, 3.05) is 0 Å². The average Bonchev–Trinajstić information content (AvgIpc) is 2.89. The second-order valence-electron chi connectivity index (χ2n) is 4.55. The lowest BCUT2D eigenvalue weighted by atomic mass is 9.94. The van der Waals surface area contributed by atoms with E-state index in [0.717, 1.165) is 22.2 Å². The maximum absolute atomic E-state index is 11.2. The van der Waals surface area contributed by atoms with Crippen LogP contribution < -0.4 is 4.74 Å². The van der Waals surface area contributed by atoms with Crippen LogP contribution in [0.2, 0.25) is 0 Å². The van der Waals surface area contributed by atoms with Gasteiger partial charge in [-0.25, -0.2) is 0 Å². The number of fused-ring (bicyclic) bond motifs is 1. The van der Waals surface area contributed by atoms with E-state index in [9.17, 15) is 4.79 Å². The Morgan fingerprint density at radius 1 is 1.15 bits per heavy atom. The van der Waals surface area contributed by atoms with Crippen molar-refractivity contribution in [1.82, 2.24) is 4.98 Å². The number of hydrogen-bond acceptors (Lipinski definition) is 2. The first kappa shape index (κ1) is 12.5. The second-order valence-corrected chi connectivity index (χ2v) is 4.55. The van der Waals surface area contributed by atoms with Gasteiger partial charge in [-0.05, 0) is 17.7 Å². The molecule has 0 aliphatic carbocycles. The second kappa shape index (κ2) is 5.25. The minimum atomic E-state index is -0.436. The summed E-state index contributed by atoms with van der Waals surface area (Å²) in [7, 11) is 5.31. The molecule has 1 aromatic heterocycles. The maximum Gasteiger partial charge on any atom is 0.175 e. The number of aromatic nitrogens is 1. The smallest absolute Gasteiger partial charge is 0.175 e. The fourth-order valence-corrected chi connectivity index (χ4v) is 2.14. The van der Waals surface area contributed by atoms with Gasteiger partial charge in [0.15, 0.2) is 7.85 Å². The minimum Gasteiger partial charge on any atom is -0.489 e. The van der Waals surface area contributed by atoms with Crippen molar-refractivity contribution < 1.29 is 9.53 Å². The molecule has 0 unspecified atom stereocenters. The molecule has 1 N–H and O–H groups in total. The number of rotatable bonds is 4. The van der Waals surface area contributed by atoms with Crippen molar-refractivity contribution in [3.8, 4) is 5.75 Å². The van der Waals surface area contributed by atoms with Crippen molar-refractivity contribution in [2.45, 2.75) is 6.61 Å². The number of nitrogens with one attached hydrogen (secondary N) is 1. The van der Waals surface area contributed by atoms with Crippen LogP contribution in [0, 0.1) is 0 Å². The quantitative estimate of drug-likeness (QED) is 0.733. The first-order valence-electron chi connectivity index (χ1n) is 6.32. The van der Waals surface area contributed by atoms with Gasteiger partial charge in [-0.15, -0.1) is 0 Å². The summed E-state index contributed by atoms with van der Waals surface area (Å²) in [4.78, 5) is 14.3. The van der Waals surface area contributed by atoms with Gasteiger partial charge >= 0.3 is 0 Å². The zero-order valence-corrected chi connectivity index (χ0v) is 10.8. The molecule has 0 saturated heterocycles. The Morgan fingerprint density at radius 3 is 2.70 bits per heavy atom. The van der Waals surface area contributed by atoms with E-state index in [0.29, 0.717) is 12.2 Å². The number of hydrogen-bond donors (Lipinski definition) is 1. The molecule has 3 aromatic rings. The molecule has 1 heterocycles. The molecule has 0 atom stereocenters. The molecule has 0 aliphatic rings. The van der Waals surface area contributed by atoms with E-state index >= 15 is 0 Å². The third-order valence-corrected chi connectivity index (χ3v) is 3.17. The molecule has 0 saturated carbocycles. The van der Waals surface area contributed by atoms with Crippen LogP contribution in [0.25, 0.3) is 10.9 Å². The normalized spacial score (nSPS) is 10.6. The van der Waals surface area contributed by atoms with Gasteiger partial charge in [-0.3, -0.25) is 0 Å². The molecule has 0 aliphatic heterocycles. The fraction of sp³-hybridized carbons (Fsp3) is 0.0625. The zero-order valence-electron chi connectivity index (χ0n) is 10.8. The van der Waals surface area contributed by atoms with Gasteiger partial charge in [0, 0.05) is 28.7 Å². The number of carbonyl (C=O) groups is 1. The van der Waals surface area contributed by atoms with E-state index in [1.165, 1.54) is 0 Å². The highest BCUT2D eigenvalue weighted by Crippen LogP contribution is 2.23. The number of ether oxygens (including phenoxy) is 1. The lowest BCUT2D eigenvalue weighted by Gasteiger charge is -2.06. The number of aromatic amines is 1. The van der Waals surface area contributed by atoms with E-state index < -0.39 is 5.68 Å². The van der Waals surface area contributed by atoms with E-state index in [4.69, 9.17) is 12.6 Å². The Hall–Kier alpha value is -2.49. The van der Waals surface area contributed by atoms with Gasteiger partial charge < -0.3 is 14.5 Å². The van der Waals surface area contributed by atoms with E-state index in [-0.39, 0.29) is 0 Å². The summed E-state index contributed by atoms with van der Waals surface area (Å²) in [5.74, 6) is 0.749. The SMILES string of the molecule is [B]C(=O)c1c[nH]c2cc(OCc3ccccc3)ccc12. The first-order valence-corrected chi connectivity index (χ1v) is 6.32. The third-order valence-electron chi connectivity index (χ3n) is 3.17. The Labute approximate surface area is 118 Å². The molecule has 4 heteroatoms. The highest BCUT2D eigenvalue weighted by molar-refractivity contribution is 6.63. The van der Waals surface area contributed by atoms with Crippen LogP contribution in [0.3, 0.4) is 0 Å². The van der Waals surface area contributed by atoms with Gasteiger partial charge in [-0.2, -0.15) is 0 Å². The number of carbonyl (C=O) groups excluding carboxylic acids is 1. The molecule has 0 fully saturated rings. The van der Waals surface area contributed by atoms with E-state index in [1.54, 1.807) is 6.20 Å². The first-order chi connectivity index (χ1) is 9.74. The largest absolute Gasteiger partial charge is 0.489 e. The molecular weight excluding hydrogens is 249 g/mol. The Bertz CT molecular complexity index is 750. The van der Waals surface area contributed by atoms with E-state index in [1.807, 2.05) is 48.5 Å². The molecule has 0 amide bonds. The molecule has 3 nitrogen and oxygen atoms in total. The summed E-state index contributed by atoms with van der Waals surface area (Å²) >= 11 is 0. The van der Waals surface area contributed by atoms with Crippen molar-refractivity contribution in [3.63, 3.8) is 0 Å². The lowest BCUT2D eigenvalue weighted by Crippen LogP contribution is -1.96. The highest BCUT2D eigenvalue weighted by atomic mass is 16.5. The van der Waals surface area contributed by atoms with E-state index in [2.05, 4.69) is 4.98 Å². The van der Waals surface area contributed by atoms with Crippen LogP contribution in [-0.2, 0) is 6.61 Å². The summed E-state index contributed by atoms with van der Waals surface area (Å²) in [6.45, 7) is 0.510. The summed E-state index contributed by atoms with van der Waals surface area (Å²) in [6.07, 6.45) is 1.62. The van der Waals surface area contributed by atoms with Gasteiger partial charge in [0.2, 0.25) is 0 Å². The Balaban J connectivity index is 1.81. The molecule has 2 radical (unpaired) electrons. The Morgan fingerprint density at radius 2 is 1.95 bits per heavy atom. The zero-order chi connectivity index (χ0) is 13.9. The lowest BCUT2D eigenvalue weighted by molar-refractivity contribution is 0.108. The molecule has 20 heavy (non-hydrogen) atoms. The summed E-state index contributed by atoms with van der Waals surface area (Å²) in [6, 6.07) is 15.5. The summed E-state index contributed by atoms with van der Waals surface area (Å²) in [5.41, 5.74) is 2.00. The molecule has 96 valence electrons. The number of benzene rings is 2. The average molecular weight is 261 g/mol. The summed E-state index contributed by atoms with van der Waals surface area (Å²) < 4.78 is 5.73. The van der Waals surface area contributed by atoms with Gasteiger partial charge in [0.1, 0.15) is 18.0 Å². The molecule has 0 bridgehead atoms. The molecule has 2 aromatic carbocycles. The van der Waals surface area contributed by atoms with Gasteiger partial charge in [0.25, 0.3) is 0 Å². The molecule has 3 rings (SSSR count). The van der Waals surface area contributed by atoms with Crippen LogP contribution in [0.4, 0.5) is 0 Å². The maximum atomic E-state index is 11.2. The van der Waals surface area contributed by atoms with Crippen LogP contribution >= 0.6 is 0 Å². The Kier molecular flexibility index (Phi) is 3.29. The van der Waals surface area contributed by atoms with Crippen LogP contribution in [0.1, 0.15) is 15.9 Å². The topological polar surface area (TPSA) is 42.1 Å². The van der Waals surface area contributed by atoms with Crippen molar-refractivity contribution in [3.05, 3.63) is 65.9 Å². The van der Waals surface area contributed by atoms with Gasteiger partial charge in [-0.1, -0.05) is 30.3 Å². The van der Waals surface area contributed by atoms with Crippen LogP contribution in [0.15, 0.2) is 54.7 Å². The van der Waals surface area contributed by atoms with Gasteiger partial charge in [0.05, 0.1) is 0 Å². The summed E-state index contributed by atoms with van der Waals surface area (Å²) in [5, 5.41) is 0.810. The highest BCUT2D eigenvalue weighted by Gasteiger charge is 2.08. The van der Waals surface area contributed by atoms with Crippen molar-refractivity contribution in [2.24, 2.45) is 0 Å². The third kappa shape index (κ3) is 2.45. The monoisotopic (exact) mass is 261 g/mol. The predicted molar refractivity (Wildman–Crippen MR) is 79.2 cm³/mol. The molecule has 0 spiro atoms. The minimum absolute atomic E-state index is 0.436. The standard InChI is InChI=1S/C16H12BNO2/c17-16(19)14-9-18-15-8-12(6-7-13(14)15)20-10-11-4-2-1-3-5-11/h1-9,18H,10H2. The van der Waals surface area contributed by atoms with Crippen molar-refractivity contribution in [1.29, 1.82) is 0 Å². The van der Waals surface area contributed by atoms with Crippen LogP contribution in [0.5, 0.6) is 5.75 Å².